The molecule has 0 aliphatic heterocycles. The molecule has 0 fully saturated rings. The first-order chi connectivity index (χ1) is 6.77. The van der Waals surface area contributed by atoms with Crippen molar-refractivity contribution in [2.75, 3.05) is 0 Å². The Morgan fingerprint density at radius 2 is 1.93 bits per heavy atom. The third-order valence-corrected chi connectivity index (χ3v) is 2.24. The molecule has 2 heteroatoms. The molecule has 0 spiro atoms. The SMILES string of the molecule is O=C(O)c1ccc(C2=CCC=C2)cc1. The van der Waals surface area contributed by atoms with Gasteiger partial charge in [0, 0.05) is 0 Å². The quantitative estimate of drug-likeness (QED) is 0.771. The molecule has 0 bridgehead atoms. The molecule has 2 rings (SSSR count). The van der Waals surface area contributed by atoms with E-state index < -0.39 is 5.97 Å². The van der Waals surface area contributed by atoms with Crippen molar-refractivity contribution in [2.45, 2.75) is 6.42 Å². The molecule has 0 heterocycles. The molecule has 2 nitrogen and oxygen atoms in total. The zero-order valence-corrected chi connectivity index (χ0v) is 7.60. The van der Waals surface area contributed by atoms with Crippen LogP contribution in [0.3, 0.4) is 0 Å². The average Bonchev–Trinajstić information content (AvgIpc) is 2.71. The summed E-state index contributed by atoms with van der Waals surface area (Å²) >= 11 is 0. The fourth-order valence-electron chi connectivity index (χ4n) is 1.48. The van der Waals surface area contributed by atoms with Crippen molar-refractivity contribution in [1.29, 1.82) is 0 Å². The maximum atomic E-state index is 10.6. The predicted molar refractivity (Wildman–Crippen MR) is 55.1 cm³/mol. The third-order valence-electron chi connectivity index (χ3n) is 2.24. The van der Waals surface area contributed by atoms with Crippen LogP contribution in [0, 0.1) is 0 Å². The molecule has 14 heavy (non-hydrogen) atoms. The zero-order chi connectivity index (χ0) is 9.97. The first-order valence-corrected chi connectivity index (χ1v) is 4.48. The number of benzene rings is 1. The standard InChI is InChI=1S/C12H10O2/c13-12(14)11-7-5-10(6-8-11)9-3-1-2-4-9/h1,3-8H,2H2,(H,13,14). The van der Waals surface area contributed by atoms with E-state index in [-0.39, 0.29) is 0 Å². The largest absolute Gasteiger partial charge is 0.478 e. The van der Waals surface area contributed by atoms with E-state index in [0.717, 1.165) is 12.0 Å². The second kappa shape index (κ2) is 3.50. The summed E-state index contributed by atoms with van der Waals surface area (Å²) < 4.78 is 0. The van der Waals surface area contributed by atoms with E-state index >= 15 is 0 Å². The second-order valence-electron chi connectivity index (χ2n) is 3.18. The topological polar surface area (TPSA) is 37.3 Å². The Hall–Kier alpha value is -1.83. The second-order valence-corrected chi connectivity index (χ2v) is 3.18. The van der Waals surface area contributed by atoms with E-state index in [0.29, 0.717) is 5.56 Å². The van der Waals surface area contributed by atoms with Crippen LogP contribution in [-0.4, -0.2) is 11.1 Å². The van der Waals surface area contributed by atoms with Crippen LogP contribution in [0.1, 0.15) is 22.3 Å². The zero-order valence-electron chi connectivity index (χ0n) is 7.60. The Morgan fingerprint density at radius 3 is 2.43 bits per heavy atom. The summed E-state index contributed by atoms with van der Waals surface area (Å²) in [5.41, 5.74) is 2.57. The van der Waals surface area contributed by atoms with Crippen LogP contribution in [0.5, 0.6) is 0 Å². The first kappa shape index (κ1) is 8.75. The Morgan fingerprint density at radius 1 is 1.21 bits per heavy atom. The van der Waals surface area contributed by atoms with Crippen LogP contribution >= 0.6 is 0 Å². The highest BCUT2D eigenvalue weighted by Gasteiger charge is 2.04. The number of hydrogen-bond donors (Lipinski definition) is 1. The average molecular weight is 186 g/mol. The fraction of sp³-hybridized carbons (Fsp3) is 0.0833. The van der Waals surface area contributed by atoms with Crippen LogP contribution in [0.4, 0.5) is 0 Å². The van der Waals surface area contributed by atoms with Crippen molar-refractivity contribution in [2.24, 2.45) is 0 Å². The molecule has 0 aromatic heterocycles. The molecule has 1 aromatic rings. The van der Waals surface area contributed by atoms with Gasteiger partial charge in [-0.25, -0.2) is 4.79 Å². The monoisotopic (exact) mass is 186 g/mol. The van der Waals surface area contributed by atoms with E-state index in [1.54, 1.807) is 12.1 Å². The summed E-state index contributed by atoms with van der Waals surface area (Å²) in [4.78, 5) is 10.6. The van der Waals surface area contributed by atoms with Gasteiger partial charge in [-0.3, -0.25) is 0 Å². The highest BCUT2D eigenvalue weighted by molar-refractivity contribution is 5.88. The van der Waals surface area contributed by atoms with Crippen LogP contribution in [0.2, 0.25) is 0 Å². The molecular formula is C12H10O2. The number of allylic oxidation sites excluding steroid dienone is 4. The molecule has 1 N–H and O–H groups in total. The molecule has 1 aliphatic carbocycles. The smallest absolute Gasteiger partial charge is 0.335 e. The molecule has 70 valence electrons. The van der Waals surface area contributed by atoms with Gasteiger partial charge in [0.05, 0.1) is 5.56 Å². The highest BCUT2D eigenvalue weighted by atomic mass is 16.4. The van der Waals surface area contributed by atoms with Crippen LogP contribution in [-0.2, 0) is 0 Å². The maximum Gasteiger partial charge on any atom is 0.335 e. The Balaban J connectivity index is 2.30. The molecule has 0 saturated heterocycles. The van der Waals surface area contributed by atoms with Crippen molar-refractivity contribution in [1.82, 2.24) is 0 Å². The number of carbonyl (C=O) groups is 1. The highest BCUT2D eigenvalue weighted by Crippen LogP contribution is 2.21. The fourth-order valence-corrected chi connectivity index (χ4v) is 1.48. The summed E-state index contributed by atoms with van der Waals surface area (Å²) in [6.45, 7) is 0. The van der Waals surface area contributed by atoms with E-state index in [1.807, 2.05) is 12.1 Å². The molecular weight excluding hydrogens is 176 g/mol. The molecule has 0 radical (unpaired) electrons. The predicted octanol–water partition coefficient (Wildman–Crippen LogP) is 2.73. The van der Waals surface area contributed by atoms with Gasteiger partial charge in [0.25, 0.3) is 0 Å². The number of carboxylic acids is 1. The lowest BCUT2D eigenvalue weighted by atomic mass is 10.1. The first-order valence-electron chi connectivity index (χ1n) is 4.48. The number of carboxylic acid groups (broad SMARTS) is 1. The Labute approximate surface area is 82.2 Å². The van der Waals surface area contributed by atoms with E-state index in [1.165, 1.54) is 5.57 Å². The maximum absolute atomic E-state index is 10.6. The molecule has 1 aliphatic rings. The van der Waals surface area contributed by atoms with Crippen molar-refractivity contribution in [3.63, 3.8) is 0 Å². The Kier molecular flexibility index (Phi) is 2.19. The number of rotatable bonds is 2. The minimum Gasteiger partial charge on any atom is -0.478 e. The van der Waals surface area contributed by atoms with E-state index in [2.05, 4.69) is 18.2 Å². The molecule has 0 atom stereocenters. The molecule has 0 amide bonds. The minimum atomic E-state index is -0.882. The van der Waals surface area contributed by atoms with Crippen LogP contribution < -0.4 is 0 Å². The van der Waals surface area contributed by atoms with Gasteiger partial charge in [-0.2, -0.15) is 0 Å². The number of hydrogen-bond acceptors (Lipinski definition) is 1. The number of aromatic carboxylic acids is 1. The van der Waals surface area contributed by atoms with Gasteiger partial charge in [0.15, 0.2) is 0 Å². The van der Waals surface area contributed by atoms with Crippen molar-refractivity contribution >= 4 is 11.5 Å². The lowest BCUT2D eigenvalue weighted by Crippen LogP contribution is -1.95. The summed E-state index contributed by atoms with van der Waals surface area (Å²) in [7, 11) is 0. The van der Waals surface area contributed by atoms with Gasteiger partial charge in [0.1, 0.15) is 0 Å². The lowest BCUT2D eigenvalue weighted by Gasteiger charge is -2.00. The van der Waals surface area contributed by atoms with Crippen molar-refractivity contribution in [3.05, 3.63) is 53.6 Å². The van der Waals surface area contributed by atoms with E-state index in [9.17, 15) is 4.79 Å². The van der Waals surface area contributed by atoms with Gasteiger partial charge >= 0.3 is 5.97 Å². The lowest BCUT2D eigenvalue weighted by molar-refractivity contribution is 0.0697. The summed E-state index contributed by atoms with van der Waals surface area (Å²) in [5, 5.41) is 8.71. The Bertz CT molecular complexity index is 410. The van der Waals surface area contributed by atoms with Crippen LogP contribution in [0.15, 0.2) is 42.5 Å². The van der Waals surface area contributed by atoms with Crippen molar-refractivity contribution in [3.8, 4) is 0 Å². The van der Waals surface area contributed by atoms with Gasteiger partial charge in [-0.05, 0) is 29.7 Å². The normalized spacial score (nSPS) is 14.1. The van der Waals surface area contributed by atoms with Crippen molar-refractivity contribution < 1.29 is 9.90 Å². The van der Waals surface area contributed by atoms with Gasteiger partial charge in [0.2, 0.25) is 0 Å². The molecule has 1 aromatic carbocycles. The van der Waals surface area contributed by atoms with Gasteiger partial charge in [-0.15, -0.1) is 0 Å². The minimum absolute atomic E-state index is 0.330. The summed E-state index contributed by atoms with van der Waals surface area (Å²) in [6, 6.07) is 6.94. The van der Waals surface area contributed by atoms with Crippen LogP contribution in [0.25, 0.3) is 5.57 Å². The van der Waals surface area contributed by atoms with Gasteiger partial charge < -0.3 is 5.11 Å². The molecule has 0 saturated carbocycles. The van der Waals surface area contributed by atoms with Gasteiger partial charge in [-0.1, -0.05) is 30.4 Å². The third kappa shape index (κ3) is 1.59. The van der Waals surface area contributed by atoms with E-state index in [4.69, 9.17) is 5.11 Å². The summed E-state index contributed by atoms with van der Waals surface area (Å²) in [6.07, 6.45) is 7.22. The summed E-state index contributed by atoms with van der Waals surface area (Å²) in [5.74, 6) is -0.882. The molecule has 0 unspecified atom stereocenters.